The van der Waals surface area contributed by atoms with Gasteiger partial charge in [0.05, 0.1) is 0 Å². The van der Waals surface area contributed by atoms with Gasteiger partial charge in [-0.05, 0) is 36.3 Å². The Balaban J connectivity index is 2.51. The Morgan fingerprint density at radius 3 is 2.92 bits per heavy atom. The van der Waals surface area contributed by atoms with Crippen molar-refractivity contribution in [2.75, 3.05) is 5.73 Å². The van der Waals surface area contributed by atoms with E-state index in [0.717, 1.165) is 12.2 Å². The quantitative estimate of drug-likeness (QED) is 0.606. The number of hydrogen-bond donors (Lipinski definition) is 2. The van der Waals surface area contributed by atoms with E-state index in [1.54, 1.807) is 0 Å². The second-order valence-corrected chi connectivity index (χ2v) is 4.35. The summed E-state index contributed by atoms with van der Waals surface area (Å²) in [5.74, 6) is 0.815. The van der Waals surface area contributed by atoms with E-state index in [-0.39, 0.29) is 0 Å². The number of rotatable bonds is 0. The number of aromatic amines is 1. The van der Waals surface area contributed by atoms with Gasteiger partial charge in [0.25, 0.3) is 0 Å². The van der Waals surface area contributed by atoms with Crippen LogP contribution in [0.4, 0.5) is 5.82 Å². The van der Waals surface area contributed by atoms with Gasteiger partial charge >= 0.3 is 0 Å². The van der Waals surface area contributed by atoms with Crippen molar-refractivity contribution in [3.63, 3.8) is 0 Å². The molecule has 0 aromatic carbocycles. The SMILES string of the molecule is CC1(C)CCCc2[nH]c(N)cc21. The van der Waals surface area contributed by atoms with Gasteiger partial charge in [-0.1, -0.05) is 13.8 Å². The molecule has 1 heterocycles. The van der Waals surface area contributed by atoms with Crippen LogP contribution in [0.3, 0.4) is 0 Å². The van der Waals surface area contributed by atoms with E-state index in [1.807, 2.05) is 0 Å². The van der Waals surface area contributed by atoms with Gasteiger partial charge < -0.3 is 10.7 Å². The maximum Gasteiger partial charge on any atom is 0.101 e. The van der Waals surface area contributed by atoms with Crippen LogP contribution < -0.4 is 5.73 Å². The van der Waals surface area contributed by atoms with E-state index in [2.05, 4.69) is 24.9 Å². The van der Waals surface area contributed by atoms with Gasteiger partial charge in [-0.3, -0.25) is 0 Å². The highest BCUT2D eigenvalue weighted by Gasteiger charge is 2.28. The predicted octanol–water partition coefficient (Wildman–Crippen LogP) is 2.21. The zero-order valence-corrected chi connectivity index (χ0v) is 7.78. The van der Waals surface area contributed by atoms with E-state index in [9.17, 15) is 0 Å². The van der Waals surface area contributed by atoms with Gasteiger partial charge in [0.1, 0.15) is 5.82 Å². The fourth-order valence-electron chi connectivity index (χ4n) is 2.16. The molecule has 0 saturated carbocycles. The fourth-order valence-corrected chi connectivity index (χ4v) is 2.16. The summed E-state index contributed by atoms with van der Waals surface area (Å²) in [6.45, 7) is 4.58. The minimum Gasteiger partial charge on any atom is -0.385 e. The first-order valence-electron chi connectivity index (χ1n) is 4.57. The van der Waals surface area contributed by atoms with Crippen LogP contribution in [0.1, 0.15) is 37.9 Å². The van der Waals surface area contributed by atoms with Crippen LogP contribution in [0.15, 0.2) is 6.07 Å². The Labute approximate surface area is 73.2 Å². The van der Waals surface area contributed by atoms with Crippen molar-refractivity contribution in [2.45, 2.75) is 38.5 Å². The van der Waals surface area contributed by atoms with Crippen LogP contribution in [-0.2, 0) is 11.8 Å². The highest BCUT2D eigenvalue weighted by atomic mass is 14.9. The van der Waals surface area contributed by atoms with Crippen molar-refractivity contribution in [3.8, 4) is 0 Å². The molecule has 0 saturated heterocycles. The Morgan fingerprint density at radius 1 is 1.50 bits per heavy atom. The number of H-pyrrole nitrogens is 1. The number of hydrogen-bond acceptors (Lipinski definition) is 1. The van der Waals surface area contributed by atoms with Gasteiger partial charge in [-0.15, -0.1) is 0 Å². The molecule has 2 nitrogen and oxygen atoms in total. The number of fused-ring (bicyclic) bond motifs is 1. The van der Waals surface area contributed by atoms with Crippen LogP contribution in [0.2, 0.25) is 0 Å². The Kier molecular flexibility index (Phi) is 1.47. The summed E-state index contributed by atoms with van der Waals surface area (Å²) in [4.78, 5) is 3.23. The van der Waals surface area contributed by atoms with Crippen LogP contribution in [-0.4, -0.2) is 4.98 Å². The van der Waals surface area contributed by atoms with Crippen LogP contribution in [0.5, 0.6) is 0 Å². The third-order valence-corrected chi connectivity index (χ3v) is 2.88. The molecular weight excluding hydrogens is 148 g/mol. The first-order chi connectivity index (χ1) is 5.59. The van der Waals surface area contributed by atoms with Crippen molar-refractivity contribution in [1.82, 2.24) is 4.98 Å². The molecular formula is C10H16N2. The molecule has 0 bridgehead atoms. The smallest absolute Gasteiger partial charge is 0.101 e. The van der Waals surface area contributed by atoms with Crippen molar-refractivity contribution in [1.29, 1.82) is 0 Å². The molecule has 12 heavy (non-hydrogen) atoms. The maximum atomic E-state index is 5.72. The van der Waals surface area contributed by atoms with Crippen LogP contribution in [0, 0.1) is 0 Å². The minimum atomic E-state index is 0.321. The van der Waals surface area contributed by atoms with Gasteiger partial charge in [-0.2, -0.15) is 0 Å². The molecule has 0 aliphatic heterocycles. The zero-order chi connectivity index (χ0) is 8.77. The largest absolute Gasteiger partial charge is 0.385 e. The number of nitrogens with one attached hydrogen (secondary N) is 1. The molecule has 3 N–H and O–H groups in total. The molecule has 0 radical (unpaired) electrons. The van der Waals surface area contributed by atoms with Crippen LogP contribution >= 0.6 is 0 Å². The molecule has 0 atom stereocenters. The Bertz CT molecular complexity index is 297. The van der Waals surface area contributed by atoms with Gasteiger partial charge in [0, 0.05) is 5.69 Å². The highest BCUT2D eigenvalue weighted by Crippen LogP contribution is 2.37. The number of aryl methyl sites for hydroxylation is 1. The molecule has 2 rings (SSSR count). The molecule has 1 aliphatic rings. The van der Waals surface area contributed by atoms with Crippen molar-refractivity contribution < 1.29 is 0 Å². The molecule has 1 aromatic rings. The lowest BCUT2D eigenvalue weighted by molar-refractivity contribution is 0.430. The first-order valence-corrected chi connectivity index (χ1v) is 4.57. The average molecular weight is 164 g/mol. The summed E-state index contributed by atoms with van der Waals surface area (Å²) in [6, 6.07) is 2.09. The van der Waals surface area contributed by atoms with Crippen LogP contribution in [0.25, 0.3) is 0 Å². The van der Waals surface area contributed by atoms with E-state index < -0.39 is 0 Å². The number of aromatic nitrogens is 1. The summed E-state index contributed by atoms with van der Waals surface area (Å²) in [5, 5.41) is 0. The zero-order valence-electron chi connectivity index (χ0n) is 7.78. The molecule has 1 aromatic heterocycles. The van der Waals surface area contributed by atoms with E-state index >= 15 is 0 Å². The lowest BCUT2D eigenvalue weighted by atomic mass is 9.75. The number of anilines is 1. The van der Waals surface area contributed by atoms with E-state index in [1.165, 1.54) is 24.1 Å². The van der Waals surface area contributed by atoms with E-state index in [4.69, 9.17) is 5.73 Å². The second kappa shape index (κ2) is 2.28. The molecule has 2 heteroatoms. The highest BCUT2D eigenvalue weighted by molar-refractivity contribution is 5.43. The molecule has 0 spiro atoms. The molecule has 66 valence electrons. The topological polar surface area (TPSA) is 41.8 Å². The fraction of sp³-hybridized carbons (Fsp3) is 0.600. The molecule has 0 fully saturated rings. The third kappa shape index (κ3) is 1.02. The van der Waals surface area contributed by atoms with Crippen molar-refractivity contribution in [3.05, 3.63) is 17.3 Å². The monoisotopic (exact) mass is 164 g/mol. The second-order valence-electron chi connectivity index (χ2n) is 4.35. The van der Waals surface area contributed by atoms with Gasteiger partial charge in [-0.25, -0.2) is 0 Å². The normalized spacial score (nSPS) is 20.5. The molecule has 1 aliphatic carbocycles. The van der Waals surface area contributed by atoms with Gasteiger partial charge in [0.2, 0.25) is 0 Å². The standard InChI is InChI=1S/C10H16N2/c1-10(2)5-3-4-8-7(10)6-9(11)12-8/h6,12H,3-5,11H2,1-2H3. The van der Waals surface area contributed by atoms with Gasteiger partial charge in [0.15, 0.2) is 0 Å². The third-order valence-electron chi connectivity index (χ3n) is 2.88. The predicted molar refractivity (Wildman–Crippen MR) is 51.2 cm³/mol. The molecule has 0 amide bonds. The molecule has 0 unspecified atom stereocenters. The number of nitrogens with two attached hydrogens (primary N) is 1. The van der Waals surface area contributed by atoms with Crippen molar-refractivity contribution in [2.24, 2.45) is 0 Å². The summed E-state index contributed by atoms with van der Waals surface area (Å²) < 4.78 is 0. The summed E-state index contributed by atoms with van der Waals surface area (Å²) in [7, 11) is 0. The summed E-state index contributed by atoms with van der Waals surface area (Å²) in [5.41, 5.74) is 8.82. The lowest BCUT2D eigenvalue weighted by Gasteiger charge is -2.29. The Hall–Kier alpha value is -0.920. The maximum absolute atomic E-state index is 5.72. The minimum absolute atomic E-state index is 0.321. The first kappa shape index (κ1) is 7.71. The summed E-state index contributed by atoms with van der Waals surface area (Å²) >= 11 is 0. The van der Waals surface area contributed by atoms with E-state index in [0.29, 0.717) is 5.41 Å². The number of nitrogen functional groups attached to an aromatic ring is 1. The lowest BCUT2D eigenvalue weighted by Crippen LogP contribution is -2.22. The average Bonchev–Trinajstić information content (AvgIpc) is 2.30. The van der Waals surface area contributed by atoms with Crippen molar-refractivity contribution >= 4 is 5.82 Å². The Morgan fingerprint density at radius 2 is 2.25 bits per heavy atom. The summed E-state index contributed by atoms with van der Waals surface area (Å²) in [6.07, 6.45) is 3.72.